The minimum Gasteiger partial charge on any atom is -0.478 e. The number of carbonyl (C=O) groups is 2. The number of fused-ring (bicyclic) bond motifs is 1. The van der Waals surface area contributed by atoms with Crippen molar-refractivity contribution < 1.29 is 14.7 Å². The minimum atomic E-state index is -0.991. The molecule has 1 amide bonds. The Hall–Kier alpha value is -3.41. The summed E-state index contributed by atoms with van der Waals surface area (Å²) in [5, 5.41) is 10.1. The lowest BCUT2D eigenvalue weighted by Gasteiger charge is -2.01. The van der Waals surface area contributed by atoms with Crippen LogP contribution in [0.25, 0.3) is 10.9 Å². The molecule has 6 nitrogen and oxygen atoms in total. The summed E-state index contributed by atoms with van der Waals surface area (Å²) >= 11 is 0. The average molecular weight is 335 g/mol. The highest BCUT2D eigenvalue weighted by atomic mass is 16.4. The summed E-state index contributed by atoms with van der Waals surface area (Å²) in [5.74, 6) is -1.41. The first-order chi connectivity index (χ1) is 12.0. The lowest BCUT2D eigenvalue weighted by atomic mass is 10.1. The van der Waals surface area contributed by atoms with Crippen molar-refractivity contribution in [3.8, 4) is 0 Å². The SMILES string of the molecule is Cc1ccc(C(=O)O)cc1N=Cc1cn(CC(N)=O)c2ccccc12. The molecule has 126 valence electrons. The number of nitrogens with zero attached hydrogens (tertiary/aromatic N) is 2. The van der Waals surface area contributed by atoms with E-state index in [1.54, 1.807) is 22.9 Å². The van der Waals surface area contributed by atoms with Gasteiger partial charge in [0.05, 0.1) is 11.3 Å². The van der Waals surface area contributed by atoms with Gasteiger partial charge in [-0.25, -0.2) is 4.79 Å². The van der Waals surface area contributed by atoms with E-state index in [2.05, 4.69) is 4.99 Å². The van der Waals surface area contributed by atoms with E-state index < -0.39 is 11.9 Å². The standard InChI is InChI=1S/C19H17N3O3/c1-12-6-7-13(19(24)25)8-16(12)21-9-14-10-22(11-18(20)23)17-5-3-2-4-15(14)17/h2-10H,11H2,1H3,(H2,20,23)(H,24,25). The smallest absolute Gasteiger partial charge is 0.335 e. The number of carboxylic acid groups (broad SMARTS) is 1. The number of carboxylic acids is 1. The van der Waals surface area contributed by atoms with Gasteiger partial charge < -0.3 is 15.4 Å². The second-order valence-corrected chi connectivity index (χ2v) is 5.76. The molecule has 0 unspecified atom stereocenters. The molecule has 0 radical (unpaired) electrons. The number of aliphatic imine (C=N–C) groups is 1. The van der Waals surface area contributed by atoms with E-state index in [1.807, 2.05) is 37.4 Å². The summed E-state index contributed by atoms with van der Waals surface area (Å²) in [6.07, 6.45) is 3.49. The summed E-state index contributed by atoms with van der Waals surface area (Å²) in [6, 6.07) is 12.5. The molecule has 6 heteroatoms. The van der Waals surface area contributed by atoms with E-state index in [4.69, 9.17) is 10.8 Å². The van der Waals surface area contributed by atoms with Crippen molar-refractivity contribution in [1.82, 2.24) is 4.57 Å². The molecule has 1 heterocycles. The van der Waals surface area contributed by atoms with Gasteiger partial charge in [0.1, 0.15) is 6.54 Å². The number of hydrogen-bond acceptors (Lipinski definition) is 3. The molecule has 25 heavy (non-hydrogen) atoms. The van der Waals surface area contributed by atoms with Gasteiger partial charge in [0, 0.05) is 28.9 Å². The summed E-state index contributed by atoms with van der Waals surface area (Å²) in [4.78, 5) is 26.8. The predicted molar refractivity (Wildman–Crippen MR) is 96.5 cm³/mol. The fourth-order valence-electron chi connectivity index (χ4n) is 2.70. The highest BCUT2D eigenvalue weighted by Crippen LogP contribution is 2.23. The zero-order valence-electron chi connectivity index (χ0n) is 13.6. The number of aryl methyl sites for hydroxylation is 1. The number of benzene rings is 2. The highest BCUT2D eigenvalue weighted by molar-refractivity contribution is 6.01. The molecule has 0 aliphatic rings. The largest absolute Gasteiger partial charge is 0.478 e. The monoisotopic (exact) mass is 335 g/mol. The van der Waals surface area contributed by atoms with Gasteiger partial charge in [0.25, 0.3) is 0 Å². The molecule has 0 fully saturated rings. The Morgan fingerprint density at radius 3 is 2.72 bits per heavy atom. The maximum Gasteiger partial charge on any atom is 0.335 e. The lowest BCUT2D eigenvalue weighted by Crippen LogP contribution is -2.17. The molecule has 3 rings (SSSR count). The van der Waals surface area contributed by atoms with Crippen LogP contribution in [0.15, 0.2) is 53.7 Å². The molecule has 2 aromatic carbocycles. The van der Waals surface area contributed by atoms with Crippen LogP contribution in [-0.2, 0) is 11.3 Å². The molecule has 0 saturated heterocycles. The summed E-state index contributed by atoms with van der Waals surface area (Å²) in [5.41, 5.74) is 8.68. The molecule has 0 spiro atoms. The fraction of sp³-hybridized carbons (Fsp3) is 0.105. The maximum absolute atomic E-state index is 11.3. The molecule has 3 N–H and O–H groups in total. The number of rotatable bonds is 5. The van der Waals surface area contributed by atoms with Gasteiger partial charge in [0.2, 0.25) is 5.91 Å². The van der Waals surface area contributed by atoms with Crippen molar-refractivity contribution in [3.63, 3.8) is 0 Å². The van der Waals surface area contributed by atoms with E-state index in [0.717, 1.165) is 22.0 Å². The van der Waals surface area contributed by atoms with E-state index >= 15 is 0 Å². The number of nitrogens with two attached hydrogens (primary N) is 1. The Kier molecular flexibility index (Phi) is 4.35. The highest BCUT2D eigenvalue weighted by Gasteiger charge is 2.09. The molecular weight excluding hydrogens is 318 g/mol. The van der Waals surface area contributed by atoms with Gasteiger partial charge in [-0.05, 0) is 30.7 Å². The van der Waals surface area contributed by atoms with Gasteiger partial charge >= 0.3 is 5.97 Å². The van der Waals surface area contributed by atoms with Gasteiger partial charge in [-0.2, -0.15) is 0 Å². The molecule has 3 aromatic rings. The lowest BCUT2D eigenvalue weighted by molar-refractivity contribution is -0.118. The first kappa shape index (κ1) is 16.4. The number of carbonyl (C=O) groups excluding carboxylic acids is 1. The Morgan fingerprint density at radius 2 is 2.00 bits per heavy atom. The molecular formula is C19H17N3O3. The topological polar surface area (TPSA) is 97.7 Å². The second-order valence-electron chi connectivity index (χ2n) is 5.76. The van der Waals surface area contributed by atoms with Crippen molar-refractivity contribution in [2.45, 2.75) is 13.5 Å². The van der Waals surface area contributed by atoms with Crippen LogP contribution in [0.3, 0.4) is 0 Å². The van der Waals surface area contributed by atoms with Crippen molar-refractivity contribution in [3.05, 3.63) is 65.4 Å². The van der Waals surface area contributed by atoms with Crippen molar-refractivity contribution in [1.29, 1.82) is 0 Å². The van der Waals surface area contributed by atoms with Gasteiger partial charge in [-0.15, -0.1) is 0 Å². The number of para-hydroxylation sites is 1. The van der Waals surface area contributed by atoms with E-state index in [0.29, 0.717) is 5.69 Å². The van der Waals surface area contributed by atoms with Crippen LogP contribution < -0.4 is 5.73 Å². The van der Waals surface area contributed by atoms with Gasteiger partial charge in [0.15, 0.2) is 0 Å². The summed E-state index contributed by atoms with van der Waals surface area (Å²) in [6.45, 7) is 1.95. The third kappa shape index (κ3) is 3.42. The normalized spacial score (nSPS) is 11.2. The Morgan fingerprint density at radius 1 is 1.24 bits per heavy atom. The third-order valence-corrected chi connectivity index (χ3v) is 3.94. The fourth-order valence-corrected chi connectivity index (χ4v) is 2.70. The van der Waals surface area contributed by atoms with Crippen LogP contribution in [-0.4, -0.2) is 27.8 Å². The molecule has 0 atom stereocenters. The first-order valence-corrected chi connectivity index (χ1v) is 7.70. The molecule has 0 saturated carbocycles. The summed E-state index contributed by atoms with van der Waals surface area (Å²) in [7, 11) is 0. The Balaban J connectivity index is 2.03. The molecule has 0 bridgehead atoms. The van der Waals surface area contributed by atoms with Gasteiger partial charge in [-0.3, -0.25) is 9.79 Å². The van der Waals surface area contributed by atoms with E-state index in [-0.39, 0.29) is 12.1 Å². The minimum absolute atomic E-state index is 0.0852. The quantitative estimate of drug-likeness (QED) is 0.701. The van der Waals surface area contributed by atoms with Crippen molar-refractivity contribution >= 4 is 34.7 Å². The third-order valence-electron chi connectivity index (χ3n) is 3.94. The molecule has 1 aromatic heterocycles. The van der Waals surface area contributed by atoms with Crippen LogP contribution in [0.5, 0.6) is 0 Å². The summed E-state index contributed by atoms with van der Waals surface area (Å²) < 4.78 is 1.78. The Bertz CT molecular complexity index is 1000. The predicted octanol–water partition coefficient (Wildman–Crippen LogP) is 2.88. The number of primary amides is 1. The van der Waals surface area contributed by atoms with Gasteiger partial charge in [-0.1, -0.05) is 24.3 Å². The molecule has 0 aliphatic carbocycles. The zero-order chi connectivity index (χ0) is 18.0. The van der Waals surface area contributed by atoms with Crippen LogP contribution in [0.2, 0.25) is 0 Å². The number of hydrogen-bond donors (Lipinski definition) is 2. The number of aromatic nitrogens is 1. The first-order valence-electron chi connectivity index (χ1n) is 7.70. The zero-order valence-corrected chi connectivity index (χ0v) is 13.6. The van der Waals surface area contributed by atoms with Crippen molar-refractivity contribution in [2.75, 3.05) is 0 Å². The van der Waals surface area contributed by atoms with Crippen LogP contribution in [0.4, 0.5) is 5.69 Å². The second kappa shape index (κ2) is 6.60. The van der Waals surface area contributed by atoms with Crippen LogP contribution >= 0.6 is 0 Å². The Labute approximate surface area is 144 Å². The number of amides is 1. The molecule has 0 aliphatic heterocycles. The maximum atomic E-state index is 11.3. The number of aromatic carboxylic acids is 1. The van der Waals surface area contributed by atoms with Crippen molar-refractivity contribution in [2.24, 2.45) is 10.7 Å². The van der Waals surface area contributed by atoms with E-state index in [9.17, 15) is 9.59 Å². The van der Waals surface area contributed by atoms with E-state index in [1.165, 1.54) is 6.07 Å². The average Bonchev–Trinajstić information content (AvgIpc) is 2.91. The van der Waals surface area contributed by atoms with Crippen LogP contribution in [0, 0.1) is 6.92 Å². The van der Waals surface area contributed by atoms with Crippen LogP contribution in [0.1, 0.15) is 21.5 Å².